The number of benzene rings is 1. The van der Waals surface area contributed by atoms with Crippen molar-refractivity contribution in [3.05, 3.63) is 48.2 Å². The fraction of sp³-hybridized carbons (Fsp3) is 0.480. The molecule has 0 radical (unpaired) electrons. The third kappa shape index (κ3) is 8.00. The summed E-state index contributed by atoms with van der Waals surface area (Å²) in [5.74, 6) is -0.380. The third-order valence-corrected chi connectivity index (χ3v) is 6.49. The number of nitrogens with one attached hydrogen (secondary N) is 2. The number of halogens is 4. The number of carboxylic acid groups (broad SMARTS) is 1. The van der Waals surface area contributed by atoms with Gasteiger partial charge in [-0.1, -0.05) is 25.0 Å². The van der Waals surface area contributed by atoms with Gasteiger partial charge in [0, 0.05) is 26.3 Å². The van der Waals surface area contributed by atoms with E-state index in [1.165, 1.54) is 25.0 Å². The summed E-state index contributed by atoms with van der Waals surface area (Å²) in [5, 5.41) is 13.9. The number of hydrogen-bond acceptors (Lipinski definition) is 9. The minimum Gasteiger partial charge on any atom is -0.475 e. The van der Waals surface area contributed by atoms with Crippen molar-refractivity contribution in [3.63, 3.8) is 0 Å². The van der Waals surface area contributed by atoms with E-state index in [4.69, 9.17) is 19.6 Å². The monoisotopic (exact) mass is 566 g/mol. The minimum atomic E-state index is -5.08. The molecule has 3 N–H and O–H groups in total. The lowest BCUT2D eigenvalue weighted by Gasteiger charge is -2.28. The molecule has 11 nitrogen and oxygen atoms in total. The molecule has 0 amide bonds. The molecule has 40 heavy (non-hydrogen) atoms. The third-order valence-electron chi connectivity index (χ3n) is 6.49. The second kappa shape index (κ2) is 12.9. The highest BCUT2D eigenvalue weighted by Gasteiger charge is 2.38. The van der Waals surface area contributed by atoms with Gasteiger partial charge in [-0.2, -0.15) is 28.1 Å². The SMILES string of the molecule is Cn1cnc(Nc2nc(NC(c3ccc(F)cc3)C3CCCC3)nc(N3CCOCC3)n2)c1.O=C(O)C(F)(F)F. The molecule has 15 heteroatoms. The fourth-order valence-electron chi connectivity index (χ4n) is 4.56. The maximum Gasteiger partial charge on any atom is 0.490 e. The first kappa shape index (κ1) is 29.0. The van der Waals surface area contributed by atoms with Crippen LogP contribution in [0.2, 0.25) is 0 Å². The second-order valence-corrected chi connectivity index (χ2v) is 9.45. The van der Waals surface area contributed by atoms with Crippen LogP contribution in [0, 0.1) is 11.7 Å². The maximum atomic E-state index is 13.6. The Hall–Kier alpha value is -4.01. The van der Waals surface area contributed by atoms with Gasteiger partial charge in [0.2, 0.25) is 17.8 Å². The van der Waals surface area contributed by atoms with E-state index in [0.29, 0.717) is 42.8 Å². The summed E-state index contributed by atoms with van der Waals surface area (Å²) in [4.78, 5) is 29.4. The molecule has 1 aromatic carbocycles. The summed E-state index contributed by atoms with van der Waals surface area (Å²) in [6, 6.07) is 6.72. The Labute approximate surface area is 227 Å². The lowest BCUT2D eigenvalue weighted by Crippen LogP contribution is -2.37. The van der Waals surface area contributed by atoms with Crippen molar-refractivity contribution in [3.8, 4) is 0 Å². The largest absolute Gasteiger partial charge is 0.490 e. The number of carbonyl (C=O) groups is 1. The number of aromatic nitrogens is 5. The van der Waals surface area contributed by atoms with Crippen molar-refractivity contribution in [2.24, 2.45) is 13.0 Å². The number of ether oxygens (including phenoxy) is 1. The highest BCUT2D eigenvalue weighted by atomic mass is 19.4. The molecule has 3 aromatic rings. The number of hydrogen-bond donors (Lipinski definition) is 3. The predicted octanol–water partition coefficient (Wildman–Crippen LogP) is 4.30. The molecular formula is C25H30F4N8O3. The molecule has 2 aliphatic rings. The molecule has 5 rings (SSSR count). The number of anilines is 4. The summed E-state index contributed by atoms with van der Waals surface area (Å²) in [6.07, 6.45) is 3.14. The number of rotatable bonds is 7. The van der Waals surface area contributed by atoms with Gasteiger partial charge < -0.3 is 29.9 Å². The molecule has 1 unspecified atom stereocenters. The molecule has 1 saturated heterocycles. The number of aryl methyl sites for hydroxylation is 1. The number of imidazole rings is 1. The van der Waals surface area contributed by atoms with Gasteiger partial charge in [-0.3, -0.25) is 0 Å². The Kier molecular flexibility index (Phi) is 9.34. The van der Waals surface area contributed by atoms with E-state index in [0.717, 1.165) is 31.5 Å². The molecule has 1 aliphatic heterocycles. The van der Waals surface area contributed by atoms with Gasteiger partial charge in [0.15, 0.2) is 5.82 Å². The molecule has 1 saturated carbocycles. The number of nitrogens with zero attached hydrogens (tertiary/aromatic N) is 6. The Morgan fingerprint density at radius 3 is 2.27 bits per heavy atom. The summed E-state index contributed by atoms with van der Waals surface area (Å²) in [5.41, 5.74) is 1.04. The zero-order valence-corrected chi connectivity index (χ0v) is 21.7. The van der Waals surface area contributed by atoms with Crippen LogP contribution in [-0.4, -0.2) is 68.1 Å². The highest BCUT2D eigenvalue weighted by Crippen LogP contribution is 2.37. The van der Waals surface area contributed by atoms with E-state index >= 15 is 0 Å². The minimum absolute atomic E-state index is 0.00394. The lowest BCUT2D eigenvalue weighted by molar-refractivity contribution is -0.192. The fourth-order valence-corrected chi connectivity index (χ4v) is 4.56. The topological polar surface area (TPSA) is 130 Å². The van der Waals surface area contributed by atoms with Gasteiger partial charge >= 0.3 is 12.1 Å². The molecule has 3 heterocycles. The molecule has 0 spiro atoms. The quantitative estimate of drug-likeness (QED) is 0.356. The van der Waals surface area contributed by atoms with E-state index in [2.05, 4.69) is 30.5 Å². The van der Waals surface area contributed by atoms with Gasteiger partial charge in [-0.05, 0) is 36.5 Å². The summed E-state index contributed by atoms with van der Waals surface area (Å²) in [7, 11) is 1.91. The smallest absolute Gasteiger partial charge is 0.475 e. The van der Waals surface area contributed by atoms with Crippen LogP contribution in [0.25, 0.3) is 0 Å². The molecule has 1 aliphatic carbocycles. The van der Waals surface area contributed by atoms with E-state index in [1.807, 2.05) is 29.9 Å². The number of carboxylic acids is 1. The summed E-state index contributed by atoms with van der Waals surface area (Å²) in [6.45, 7) is 2.71. The van der Waals surface area contributed by atoms with Crippen LogP contribution in [0.15, 0.2) is 36.8 Å². The van der Waals surface area contributed by atoms with Crippen LogP contribution in [-0.2, 0) is 16.6 Å². The van der Waals surface area contributed by atoms with E-state index in [-0.39, 0.29) is 11.9 Å². The van der Waals surface area contributed by atoms with Gasteiger partial charge in [-0.15, -0.1) is 0 Å². The second-order valence-electron chi connectivity index (χ2n) is 9.45. The zero-order chi connectivity index (χ0) is 28.7. The number of alkyl halides is 3. The Bertz CT molecular complexity index is 1260. The van der Waals surface area contributed by atoms with Crippen molar-refractivity contribution in [1.82, 2.24) is 24.5 Å². The van der Waals surface area contributed by atoms with Crippen molar-refractivity contribution in [2.75, 3.05) is 41.8 Å². The van der Waals surface area contributed by atoms with Crippen LogP contribution < -0.4 is 15.5 Å². The van der Waals surface area contributed by atoms with E-state index < -0.39 is 12.1 Å². The summed E-state index contributed by atoms with van der Waals surface area (Å²) < 4.78 is 52.7. The Morgan fingerprint density at radius 2 is 1.70 bits per heavy atom. The van der Waals surface area contributed by atoms with Crippen molar-refractivity contribution in [2.45, 2.75) is 37.9 Å². The van der Waals surface area contributed by atoms with Crippen LogP contribution in [0.4, 0.5) is 41.2 Å². The number of morpholine rings is 1. The molecule has 0 bridgehead atoms. The first-order valence-corrected chi connectivity index (χ1v) is 12.7. The molecule has 2 fully saturated rings. The predicted molar refractivity (Wildman–Crippen MR) is 138 cm³/mol. The average molecular weight is 567 g/mol. The molecule has 216 valence electrons. The van der Waals surface area contributed by atoms with Gasteiger partial charge in [0.25, 0.3) is 0 Å². The first-order chi connectivity index (χ1) is 19.1. The van der Waals surface area contributed by atoms with Gasteiger partial charge in [-0.25, -0.2) is 14.2 Å². The van der Waals surface area contributed by atoms with Crippen molar-refractivity contribution in [1.29, 1.82) is 0 Å². The Balaban J connectivity index is 0.000000470. The average Bonchev–Trinajstić information content (AvgIpc) is 3.60. The van der Waals surface area contributed by atoms with Crippen LogP contribution in [0.1, 0.15) is 37.3 Å². The highest BCUT2D eigenvalue weighted by molar-refractivity contribution is 5.73. The van der Waals surface area contributed by atoms with Crippen molar-refractivity contribution >= 4 is 29.6 Å². The normalized spacial score (nSPS) is 16.7. The molecule has 2 aromatic heterocycles. The van der Waals surface area contributed by atoms with Crippen LogP contribution in [0.3, 0.4) is 0 Å². The van der Waals surface area contributed by atoms with Gasteiger partial charge in [0.1, 0.15) is 5.82 Å². The maximum absolute atomic E-state index is 13.6. The lowest BCUT2D eigenvalue weighted by atomic mass is 9.92. The van der Waals surface area contributed by atoms with E-state index in [9.17, 15) is 17.6 Å². The zero-order valence-electron chi connectivity index (χ0n) is 21.7. The van der Waals surface area contributed by atoms with E-state index in [1.54, 1.807) is 6.33 Å². The first-order valence-electron chi connectivity index (χ1n) is 12.7. The summed E-state index contributed by atoms with van der Waals surface area (Å²) >= 11 is 0. The van der Waals surface area contributed by atoms with Gasteiger partial charge in [0.05, 0.1) is 25.6 Å². The standard InChI is InChI=1S/C23H29FN8O.C2HF3O2/c1-31-14-19(25-15-31)26-21-28-22(30-23(29-21)32-10-12-33-13-11-32)27-20(16-4-2-3-5-16)17-6-8-18(24)9-7-17;3-2(4,5)1(6)7/h6-9,14-16,20H,2-5,10-13H2,1H3,(H2,26,27,28,29,30);(H,6,7). The molecule has 1 atom stereocenters. The van der Waals surface area contributed by atoms with Crippen molar-refractivity contribution < 1.29 is 32.2 Å². The number of aliphatic carboxylic acids is 1. The van der Waals surface area contributed by atoms with Crippen LogP contribution in [0.5, 0.6) is 0 Å². The Morgan fingerprint density at radius 1 is 1.07 bits per heavy atom. The molecular weight excluding hydrogens is 536 g/mol. The van der Waals surface area contributed by atoms with Crippen LogP contribution >= 0.6 is 0 Å².